The molecule has 0 saturated heterocycles. The number of aryl methyl sites for hydroxylation is 1. The molecule has 1 fully saturated rings. The molecule has 0 aromatic heterocycles. The molecule has 1 aromatic carbocycles. The minimum Gasteiger partial charge on any atom is -0.496 e. The number of benzene rings is 1. The maximum absolute atomic E-state index is 14.3. The molecule has 2 nitrogen and oxygen atoms in total. The van der Waals surface area contributed by atoms with Gasteiger partial charge in [0.1, 0.15) is 11.6 Å². The van der Waals surface area contributed by atoms with Crippen LogP contribution >= 0.6 is 0 Å². The number of nitrogens with two attached hydrogens (primary N) is 1. The summed E-state index contributed by atoms with van der Waals surface area (Å²) in [7, 11) is 1.63. The first kappa shape index (κ1) is 13.3. The molecule has 1 saturated carbocycles. The van der Waals surface area contributed by atoms with Crippen LogP contribution in [0.5, 0.6) is 5.75 Å². The van der Waals surface area contributed by atoms with Gasteiger partial charge in [0, 0.05) is 12.0 Å². The Morgan fingerprint density at radius 1 is 1.28 bits per heavy atom. The molecule has 0 radical (unpaired) electrons. The van der Waals surface area contributed by atoms with Crippen LogP contribution in [-0.2, 0) is 5.41 Å². The van der Waals surface area contributed by atoms with Gasteiger partial charge >= 0.3 is 0 Å². The fourth-order valence-corrected chi connectivity index (χ4v) is 3.09. The lowest BCUT2D eigenvalue weighted by Crippen LogP contribution is -2.38. The molecule has 2 N–H and O–H groups in total. The SMILES string of the molecule is COc1cc(C2(CN)CCCCC2)c(F)cc1C. The summed E-state index contributed by atoms with van der Waals surface area (Å²) in [4.78, 5) is 0. The summed E-state index contributed by atoms with van der Waals surface area (Å²) >= 11 is 0. The lowest BCUT2D eigenvalue weighted by molar-refractivity contribution is 0.290. The maximum Gasteiger partial charge on any atom is 0.127 e. The average molecular weight is 251 g/mol. The molecule has 0 amide bonds. The molecule has 0 spiro atoms. The van der Waals surface area contributed by atoms with Crippen LogP contribution in [0.3, 0.4) is 0 Å². The normalized spacial score (nSPS) is 18.7. The van der Waals surface area contributed by atoms with E-state index in [-0.39, 0.29) is 11.2 Å². The van der Waals surface area contributed by atoms with Crippen molar-refractivity contribution in [1.82, 2.24) is 0 Å². The van der Waals surface area contributed by atoms with Gasteiger partial charge < -0.3 is 10.5 Å². The zero-order valence-electron chi connectivity index (χ0n) is 11.3. The van der Waals surface area contributed by atoms with E-state index in [0.717, 1.165) is 42.6 Å². The third kappa shape index (κ3) is 2.24. The number of ether oxygens (including phenoxy) is 1. The van der Waals surface area contributed by atoms with Gasteiger partial charge in [-0.1, -0.05) is 19.3 Å². The standard InChI is InChI=1S/C15H22FNO/c1-11-8-13(16)12(9-14(11)18-2)15(10-17)6-4-3-5-7-15/h8-9H,3-7,10,17H2,1-2H3. The monoisotopic (exact) mass is 251 g/mol. The Kier molecular flexibility index (Phi) is 3.91. The smallest absolute Gasteiger partial charge is 0.127 e. The number of rotatable bonds is 3. The van der Waals surface area contributed by atoms with Crippen molar-refractivity contribution in [2.45, 2.75) is 44.4 Å². The minimum absolute atomic E-state index is 0.138. The van der Waals surface area contributed by atoms with Crippen LogP contribution in [0.15, 0.2) is 12.1 Å². The first-order chi connectivity index (χ1) is 8.63. The molecular weight excluding hydrogens is 229 g/mol. The number of hydrogen-bond acceptors (Lipinski definition) is 2. The second-order valence-corrected chi connectivity index (χ2v) is 5.35. The summed E-state index contributed by atoms with van der Waals surface area (Å²) in [5.41, 5.74) is 7.35. The predicted octanol–water partition coefficient (Wildman–Crippen LogP) is 3.30. The minimum atomic E-state index is -0.191. The van der Waals surface area contributed by atoms with Gasteiger partial charge in [0.25, 0.3) is 0 Å². The third-order valence-corrected chi connectivity index (χ3v) is 4.26. The van der Waals surface area contributed by atoms with Crippen LogP contribution in [0.2, 0.25) is 0 Å². The highest BCUT2D eigenvalue weighted by Crippen LogP contribution is 2.41. The molecule has 1 aliphatic carbocycles. The zero-order chi connectivity index (χ0) is 13.2. The summed E-state index contributed by atoms with van der Waals surface area (Å²) in [6, 6.07) is 3.42. The Morgan fingerprint density at radius 2 is 1.94 bits per heavy atom. The van der Waals surface area contributed by atoms with Gasteiger partial charge in [0.2, 0.25) is 0 Å². The van der Waals surface area contributed by atoms with Crippen molar-refractivity contribution in [2.24, 2.45) is 5.73 Å². The van der Waals surface area contributed by atoms with Crippen molar-refractivity contribution < 1.29 is 9.13 Å². The van der Waals surface area contributed by atoms with Crippen molar-refractivity contribution in [3.8, 4) is 5.75 Å². The lowest BCUT2D eigenvalue weighted by Gasteiger charge is -2.37. The van der Waals surface area contributed by atoms with Gasteiger partial charge in [-0.3, -0.25) is 0 Å². The molecule has 3 heteroatoms. The van der Waals surface area contributed by atoms with Crippen LogP contribution < -0.4 is 10.5 Å². The zero-order valence-corrected chi connectivity index (χ0v) is 11.3. The van der Waals surface area contributed by atoms with Crippen molar-refractivity contribution >= 4 is 0 Å². The molecular formula is C15H22FNO. The van der Waals surface area contributed by atoms with Crippen LogP contribution in [0.25, 0.3) is 0 Å². The fraction of sp³-hybridized carbons (Fsp3) is 0.600. The first-order valence-electron chi connectivity index (χ1n) is 6.67. The van der Waals surface area contributed by atoms with Crippen molar-refractivity contribution in [2.75, 3.05) is 13.7 Å². The Hall–Kier alpha value is -1.09. The molecule has 0 atom stereocenters. The van der Waals surface area contributed by atoms with Crippen LogP contribution in [-0.4, -0.2) is 13.7 Å². The molecule has 0 unspecified atom stereocenters. The number of halogens is 1. The second kappa shape index (κ2) is 5.27. The highest BCUT2D eigenvalue weighted by atomic mass is 19.1. The number of methoxy groups -OCH3 is 1. The first-order valence-corrected chi connectivity index (χ1v) is 6.67. The van der Waals surface area contributed by atoms with E-state index >= 15 is 0 Å². The Morgan fingerprint density at radius 3 is 2.50 bits per heavy atom. The molecule has 0 aliphatic heterocycles. The predicted molar refractivity (Wildman–Crippen MR) is 71.5 cm³/mol. The highest BCUT2D eigenvalue weighted by molar-refractivity contribution is 5.41. The van der Waals surface area contributed by atoms with Gasteiger partial charge in [-0.2, -0.15) is 0 Å². The molecule has 1 aliphatic rings. The molecule has 0 heterocycles. The molecule has 0 bridgehead atoms. The van der Waals surface area contributed by atoms with E-state index in [9.17, 15) is 4.39 Å². The maximum atomic E-state index is 14.3. The molecule has 100 valence electrons. The van der Waals surface area contributed by atoms with E-state index in [1.165, 1.54) is 6.42 Å². The fourth-order valence-electron chi connectivity index (χ4n) is 3.09. The third-order valence-electron chi connectivity index (χ3n) is 4.26. The largest absolute Gasteiger partial charge is 0.496 e. The van der Waals surface area contributed by atoms with Gasteiger partial charge in [0.15, 0.2) is 0 Å². The van der Waals surface area contributed by atoms with E-state index in [4.69, 9.17) is 10.5 Å². The lowest BCUT2D eigenvalue weighted by atomic mass is 9.69. The molecule has 18 heavy (non-hydrogen) atoms. The van der Waals surface area contributed by atoms with E-state index in [2.05, 4.69) is 0 Å². The second-order valence-electron chi connectivity index (χ2n) is 5.35. The molecule has 2 rings (SSSR count). The highest BCUT2D eigenvalue weighted by Gasteiger charge is 2.35. The van der Waals surface area contributed by atoms with Crippen molar-refractivity contribution in [1.29, 1.82) is 0 Å². The summed E-state index contributed by atoms with van der Waals surface area (Å²) < 4.78 is 19.6. The van der Waals surface area contributed by atoms with Gasteiger partial charge in [-0.05, 0) is 43.0 Å². The van der Waals surface area contributed by atoms with E-state index in [1.54, 1.807) is 13.2 Å². The summed E-state index contributed by atoms with van der Waals surface area (Å²) in [5.74, 6) is 0.616. The van der Waals surface area contributed by atoms with Crippen LogP contribution in [0.1, 0.15) is 43.2 Å². The quantitative estimate of drug-likeness (QED) is 0.894. The van der Waals surface area contributed by atoms with Crippen molar-refractivity contribution in [3.63, 3.8) is 0 Å². The van der Waals surface area contributed by atoms with Gasteiger partial charge in [-0.15, -0.1) is 0 Å². The van der Waals surface area contributed by atoms with E-state index < -0.39 is 0 Å². The Labute approximate surface area is 108 Å². The summed E-state index contributed by atoms with van der Waals surface area (Å²) in [6.45, 7) is 2.37. The van der Waals surface area contributed by atoms with Crippen molar-refractivity contribution in [3.05, 3.63) is 29.1 Å². The summed E-state index contributed by atoms with van der Waals surface area (Å²) in [6.07, 6.45) is 5.45. The Balaban J connectivity index is 2.47. The topological polar surface area (TPSA) is 35.2 Å². The number of hydrogen-bond donors (Lipinski definition) is 1. The van der Waals surface area contributed by atoms with Gasteiger partial charge in [0.05, 0.1) is 7.11 Å². The average Bonchev–Trinajstić information content (AvgIpc) is 2.39. The van der Waals surface area contributed by atoms with Crippen LogP contribution in [0, 0.1) is 12.7 Å². The Bertz CT molecular complexity index is 425. The summed E-state index contributed by atoms with van der Waals surface area (Å²) in [5, 5.41) is 0. The van der Waals surface area contributed by atoms with Crippen LogP contribution in [0.4, 0.5) is 4.39 Å². The molecule has 1 aromatic rings. The van der Waals surface area contributed by atoms with E-state index in [0.29, 0.717) is 6.54 Å². The van der Waals surface area contributed by atoms with Gasteiger partial charge in [-0.25, -0.2) is 4.39 Å². The van der Waals surface area contributed by atoms with E-state index in [1.807, 2.05) is 13.0 Å².